The van der Waals surface area contributed by atoms with Gasteiger partial charge in [-0.05, 0) is 0 Å². The highest BCUT2D eigenvalue weighted by molar-refractivity contribution is 5.87. The Kier molecular flexibility index (Phi) is 0.865. The molecule has 0 spiro atoms. The van der Waals surface area contributed by atoms with Gasteiger partial charge in [-0.1, -0.05) is 6.58 Å². The van der Waals surface area contributed by atoms with E-state index in [-0.39, 0.29) is 5.57 Å². The van der Waals surface area contributed by atoms with Crippen molar-refractivity contribution in [2.45, 2.75) is 6.17 Å². The van der Waals surface area contributed by atoms with Crippen molar-refractivity contribution in [3.05, 3.63) is 12.2 Å². The second kappa shape index (κ2) is 1.40. The number of aliphatic carboxylic acids is 1. The second-order valence-corrected chi connectivity index (χ2v) is 1.44. The highest BCUT2D eigenvalue weighted by Crippen LogP contribution is 2.18. The largest absolute Gasteiger partial charge is 0.478 e. The van der Waals surface area contributed by atoms with E-state index >= 15 is 0 Å². The molecule has 0 aromatic rings. The summed E-state index contributed by atoms with van der Waals surface area (Å²) in [7, 11) is 0. The van der Waals surface area contributed by atoms with Crippen molar-refractivity contribution in [2.24, 2.45) is 10.2 Å². The van der Waals surface area contributed by atoms with Crippen LogP contribution in [0.25, 0.3) is 0 Å². The first-order chi connectivity index (χ1) is 3.72. The molecule has 4 heteroatoms. The van der Waals surface area contributed by atoms with Crippen molar-refractivity contribution in [3.63, 3.8) is 0 Å². The third-order valence-corrected chi connectivity index (χ3v) is 0.817. The summed E-state index contributed by atoms with van der Waals surface area (Å²) >= 11 is 0. The lowest BCUT2D eigenvalue weighted by Gasteiger charge is -1.86. The summed E-state index contributed by atoms with van der Waals surface area (Å²) in [4.78, 5) is 9.96. The van der Waals surface area contributed by atoms with Crippen molar-refractivity contribution in [3.8, 4) is 0 Å². The van der Waals surface area contributed by atoms with Crippen LogP contribution in [-0.2, 0) is 4.79 Å². The van der Waals surface area contributed by atoms with Gasteiger partial charge in [-0.2, -0.15) is 10.2 Å². The van der Waals surface area contributed by atoms with E-state index in [9.17, 15) is 4.79 Å². The molecule has 0 saturated carbocycles. The molecular formula is C4H4N2O2. The molecule has 1 aliphatic rings. The molecule has 42 valence electrons. The van der Waals surface area contributed by atoms with Crippen LogP contribution in [0.1, 0.15) is 0 Å². The van der Waals surface area contributed by atoms with Gasteiger partial charge < -0.3 is 5.11 Å². The normalized spacial score (nSPS) is 16.0. The summed E-state index contributed by atoms with van der Waals surface area (Å²) in [5.41, 5.74) is 0.0463. The van der Waals surface area contributed by atoms with Gasteiger partial charge in [-0.15, -0.1) is 0 Å². The van der Waals surface area contributed by atoms with Gasteiger partial charge in [0.25, 0.3) is 0 Å². The number of rotatable bonds is 2. The van der Waals surface area contributed by atoms with E-state index in [0.717, 1.165) is 0 Å². The Morgan fingerprint density at radius 3 is 2.25 bits per heavy atom. The van der Waals surface area contributed by atoms with E-state index < -0.39 is 12.1 Å². The van der Waals surface area contributed by atoms with Crippen LogP contribution in [0.3, 0.4) is 0 Å². The maximum Gasteiger partial charge on any atom is 0.335 e. The zero-order chi connectivity index (χ0) is 6.15. The lowest BCUT2D eigenvalue weighted by molar-refractivity contribution is -0.132. The van der Waals surface area contributed by atoms with Crippen molar-refractivity contribution >= 4 is 5.97 Å². The smallest absolute Gasteiger partial charge is 0.335 e. The molecule has 0 amide bonds. The van der Waals surface area contributed by atoms with Crippen LogP contribution in [0.4, 0.5) is 0 Å². The van der Waals surface area contributed by atoms with Crippen LogP contribution < -0.4 is 0 Å². The van der Waals surface area contributed by atoms with E-state index in [2.05, 4.69) is 16.8 Å². The molecule has 4 nitrogen and oxygen atoms in total. The van der Waals surface area contributed by atoms with E-state index in [4.69, 9.17) is 5.11 Å². The van der Waals surface area contributed by atoms with Gasteiger partial charge in [0.1, 0.15) is 0 Å². The minimum Gasteiger partial charge on any atom is -0.478 e. The van der Waals surface area contributed by atoms with Gasteiger partial charge >= 0.3 is 5.97 Å². The first kappa shape index (κ1) is 4.96. The Labute approximate surface area is 45.5 Å². The number of carbonyl (C=O) groups is 1. The van der Waals surface area contributed by atoms with Gasteiger partial charge in [0.2, 0.25) is 6.17 Å². The van der Waals surface area contributed by atoms with Gasteiger partial charge in [0, 0.05) is 0 Å². The standard InChI is InChI=1S/C4H4N2O2/c1-2(4(7)8)3-5-6-3/h3H,1H2,(H,7,8). The van der Waals surface area contributed by atoms with Crippen LogP contribution in [0.5, 0.6) is 0 Å². The molecule has 1 N–H and O–H groups in total. The topological polar surface area (TPSA) is 62.0 Å². The van der Waals surface area contributed by atoms with Crippen LogP contribution in [0.15, 0.2) is 22.4 Å². The van der Waals surface area contributed by atoms with Gasteiger partial charge in [-0.3, -0.25) is 0 Å². The monoisotopic (exact) mass is 112 g/mol. The van der Waals surface area contributed by atoms with Crippen LogP contribution in [-0.4, -0.2) is 17.2 Å². The molecule has 8 heavy (non-hydrogen) atoms. The van der Waals surface area contributed by atoms with E-state index in [1.165, 1.54) is 0 Å². The van der Waals surface area contributed by atoms with Gasteiger partial charge in [0.05, 0.1) is 5.57 Å². The van der Waals surface area contributed by atoms with E-state index in [1.54, 1.807) is 0 Å². The first-order valence-corrected chi connectivity index (χ1v) is 2.04. The summed E-state index contributed by atoms with van der Waals surface area (Å²) in [5, 5.41) is 14.9. The maximum absolute atomic E-state index is 9.96. The zero-order valence-corrected chi connectivity index (χ0v) is 4.03. The third kappa shape index (κ3) is 0.726. The molecule has 0 aliphatic carbocycles. The van der Waals surface area contributed by atoms with Crippen molar-refractivity contribution in [2.75, 3.05) is 0 Å². The predicted octanol–water partition coefficient (Wildman–Crippen LogP) is 0.419. The maximum atomic E-state index is 9.96. The molecule has 0 aromatic heterocycles. The molecule has 0 aromatic carbocycles. The van der Waals surface area contributed by atoms with Gasteiger partial charge in [0.15, 0.2) is 0 Å². The first-order valence-electron chi connectivity index (χ1n) is 2.04. The number of hydrogen-bond donors (Lipinski definition) is 1. The Balaban J connectivity index is 2.46. The molecular weight excluding hydrogens is 108 g/mol. The molecule has 1 heterocycles. The lowest BCUT2D eigenvalue weighted by atomic mass is 10.3. The lowest BCUT2D eigenvalue weighted by Crippen LogP contribution is -2.03. The summed E-state index contributed by atoms with van der Waals surface area (Å²) in [6, 6.07) is 0. The molecule has 0 saturated heterocycles. The predicted molar refractivity (Wildman–Crippen MR) is 25.4 cm³/mol. The van der Waals surface area contributed by atoms with E-state index in [0.29, 0.717) is 0 Å². The van der Waals surface area contributed by atoms with Crippen LogP contribution >= 0.6 is 0 Å². The Morgan fingerprint density at radius 2 is 2.12 bits per heavy atom. The van der Waals surface area contributed by atoms with Gasteiger partial charge in [-0.25, -0.2) is 4.79 Å². The number of hydrogen-bond acceptors (Lipinski definition) is 3. The Morgan fingerprint density at radius 1 is 1.62 bits per heavy atom. The number of carboxylic acid groups (broad SMARTS) is 1. The Hall–Kier alpha value is -1.19. The number of carboxylic acids is 1. The van der Waals surface area contributed by atoms with Crippen LogP contribution in [0, 0.1) is 0 Å². The summed E-state index contributed by atoms with van der Waals surface area (Å²) in [6.45, 7) is 3.23. The molecule has 0 bridgehead atoms. The zero-order valence-electron chi connectivity index (χ0n) is 4.03. The minimum atomic E-state index is -1.03. The molecule has 0 atom stereocenters. The molecule has 0 unspecified atom stereocenters. The molecule has 0 radical (unpaired) electrons. The highest BCUT2D eigenvalue weighted by atomic mass is 16.4. The SMILES string of the molecule is C=C(C(=O)O)C1N=N1. The summed E-state index contributed by atoms with van der Waals surface area (Å²) < 4.78 is 0. The van der Waals surface area contributed by atoms with Crippen molar-refractivity contribution in [1.82, 2.24) is 0 Å². The molecule has 1 aliphatic heterocycles. The summed E-state index contributed by atoms with van der Waals surface area (Å²) in [5.74, 6) is -1.03. The second-order valence-electron chi connectivity index (χ2n) is 1.44. The number of nitrogens with zero attached hydrogens (tertiary/aromatic N) is 2. The Bertz CT molecular complexity index is 167. The fourth-order valence-electron chi connectivity index (χ4n) is 0.283. The van der Waals surface area contributed by atoms with E-state index in [1.807, 2.05) is 0 Å². The highest BCUT2D eigenvalue weighted by Gasteiger charge is 2.24. The third-order valence-electron chi connectivity index (χ3n) is 0.817. The average Bonchev–Trinajstić information content (AvgIpc) is 2.43. The fourth-order valence-corrected chi connectivity index (χ4v) is 0.283. The van der Waals surface area contributed by atoms with Crippen molar-refractivity contribution in [1.29, 1.82) is 0 Å². The quantitative estimate of drug-likeness (QED) is 0.526. The minimum absolute atomic E-state index is 0.0463. The average molecular weight is 112 g/mol. The summed E-state index contributed by atoms with van der Waals surface area (Å²) in [6.07, 6.45) is -0.451. The van der Waals surface area contributed by atoms with Crippen molar-refractivity contribution < 1.29 is 9.90 Å². The molecule has 1 rings (SSSR count). The molecule has 0 fully saturated rings. The van der Waals surface area contributed by atoms with Crippen LogP contribution in [0.2, 0.25) is 0 Å². The fraction of sp³-hybridized carbons (Fsp3) is 0.250.